The number of allylic oxidation sites excluding steroid dienone is 1. The Hall–Kier alpha value is -0.710. The highest BCUT2D eigenvalue weighted by Gasteiger charge is 2.63. The van der Waals surface area contributed by atoms with Crippen molar-refractivity contribution in [1.29, 1.82) is 0 Å². The Kier molecular flexibility index (Phi) is 3.37. The average molecular weight is 320 g/mol. The molecule has 3 fully saturated rings. The highest BCUT2D eigenvalue weighted by molar-refractivity contribution is 5.79. The highest BCUT2D eigenvalue weighted by Crippen LogP contribution is 2.66. The van der Waals surface area contributed by atoms with Crippen molar-refractivity contribution < 1.29 is 20.1 Å². The van der Waals surface area contributed by atoms with Crippen LogP contribution in [0.3, 0.4) is 0 Å². The summed E-state index contributed by atoms with van der Waals surface area (Å²) in [5.41, 5.74) is -0.698. The van der Waals surface area contributed by atoms with Gasteiger partial charge < -0.3 is 15.3 Å². The van der Waals surface area contributed by atoms with E-state index in [9.17, 15) is 20.1 Å². The van der Waals surface area contributed by atoms with Gasteiger partial charge in [-0.25, -0.2) is 0 Å². The number of aliphatic hydroxyl groups is 3. The third kappa shape index (κ3) is 2.04. The Morgan fingerprint density at radius 1 is 1.13 bits per heavy atom. The van der Waals surface area contributed by atoms with Gasteiger partial charge in [-0.15, -0.1) is 0 Å². The number of carbonyl (C=O) groups is 1. The number of Topliss-reactive ketones (excluding diaryl/α,β-unsaturated/α-hetero) is 1. The molecular weight excluding hydrogens is 292 g/mol. The molecule has 4 aliphatic rings. The van der Waals surface area contributed by atoms with Crippen LogP contribution in [-0.4, -0.2) is 27.1 Å². The van der Waals surface area contributed by atoms with Gasteiger partial charge in [0.2, 0.25) is 0 Å². The fraction of sp³-hybridized carbons (Fsp3) is 0.842. The Labute approximate surface area is 137 Å². The van der Waals surface area contributed by atoms with Crippen LogP contribution in [-0.2, 0) is 4.79 Å². The predicted molar refractivity (Wildman–Crippen MR) is 85.0 cm³/mol. The molecule has 4 aliphatic carbocycles. The van der Waals surface area contributed by atoms with Crippen LogP contribution in [0, 0.1) is 34.5 Å². The van der Waals surface area contributed by atoms with Crippen molar-refractivity contribution in [3.63, 3.8) is 0 Å². The molecule has 0 aliphatic heterocycles. The van der Waals surface area contributed by atoms with Gasteiger partial charge in [0.05, 0.1) is 5.41 Å². The Bertz CT molecular complexity index is 548. The Morgan fingerprint density at radius 3 is 2.65 bits per heavy atom. The average Bonchev–Trinajstić information content (AvgIpc) is 2.93. The van der Waals surface area contributed by atoms with Crippen LogP contribution in [0.5, 0.6) is 0 Å². The summed E-state index contributed by atoms with van der Waals surface area (Å²) in [5.74, 6) is -0.659. The molecule has 0 aromatic rings. The molecule has 23 heavy (non-hydrogen) atoms. The summed E-state index contributed by atoms with van der Waals surface area (Å²) in [6.07, 6.45) is 10.7. The lowest BCUT2D eigenvalue weighted by atomic mass is 9.44. The molecule has 0 bridgehead atoms. The number of fused-ring (bicyclic) bond motifs is 5. The van der Waals surface area contributed by atoms with Gasteiger partial charge in [-0.1, -0.05) is 19.1 Å². The van der Waals surface area contributed by atoms with E-state index in [0.717, 1.165) is 38.5 Å². The molecule has 4 heteroatoms. The normalized spacial score (nSPS) is 49.5. The van der Waals surface area contributed by atoms with Crippen LogP contribution in [0.25, 0.3) is 0 Å². The van der Waals surface area contributed by atoms with E-state index in [2.05, 4.69) is 6.92 Å². The minimum absolute atomic E-state index is 0.108. The summed E-state index contributed by atoms with van der Waals surface area (Å²) in [7, 11) is 0. The topological polar surface area (TPSA) is 77.8 Å². The van der Waals surface area contributed by atoms with E-state index in [0.29, 0.717) is 36.4 Å². The third-order valence-corrected chi connectivity index (χ3v) is 8.04. The first-order valence-corrected chi connectivity index (χ1v) is 9.14. The zero-order valence-electron chi connectivity index (χ0n) is 13.9. The standard InChI is InChI=1S/C19H28O4/c1-17-9-6-13(20)11-12(17)4-5-14-15(17)7-10-18(19(21,22)23)8-2-3-16(14)18/h2,8,12,14-16,21-23H,3-7,9-11H2,1H3/t12-,14+,15-,16-,17-,18+/m0/s1. The van der Waals surface area contributed by atoms with Crippen molar-refractivity contribution in [3.05, 3.63) is 12.2 Å². The van der Waals surface area contributed by atoms with Crippen molar-refractivity contribution in [2.75, 3.05) is 0 Å². The van der Waals surface area contributed by atoms with Crippen molar-refractivity contribution in [2.45, 2.75) is 64.3 Å². The zero-order valence-corrected chi connectivity index (χ0v) is 13.9. The number of carbonyl (C=O) groups excluding carboxylic acids is 1. The summed E-state index contributed by atoms with van der Waals surface area (Å²) in [6.45, 7) is 2.36. The SMILES string of the molecule is C[C@]12CCC(=O)C[C@@H]1CC[C@@H]1[C@@H]2CC[C@]2(C(O)(O)O)C=CC[C@@H]12. The van der Waals surface area contributed by atoms with E-state index < -0.39 is 11.4 Å². The van der Waals surface area contributed by atoms with Gasteiger partial charge in [-0.3, -0.25) is 4.79 Å². The predicted octanol–water partition coefficient (Wildman–Crippen LogP) is 2.38. The molecule has 0 spiro atoms. The van der Waals surface area contributed by atoms with Gasteiger partial charge in [0, 0.05) is 12.8 Å². The van der Waals surface area contributed by atoms with Crippen LogP contribution in [0.15, 0.2) is 12.2 Å². The van der Waals surface area contributed by atoms with Gasteiger partial charge in [0.1, 0.15) is 5.78 Å². The smallest absolute Gasteiger partial charge is 0.285 e. The summed E-state index contributed by atoms with van der Waals surface area (Å²) in [6, 6.07) is 0. The second-order valence-electron chi connectivity index (χ2n) is 8.75. The zero-order chi connectivity index (χ0) is 16.5. The molecular formula is C19H28O4. The molecule has 0 unspecified atom stereocenters. The largest absolute Gasteiger partial charge is 0.343 e. The summed E-state index contributed by atoms with van der Waals surface area (Å²) < 4.78 is 0. The number of rotatable bonds is 1. The first-order valence-electron chi connectivity index (χ1n) is 9.14. The van der Waals surface area contributed by atoms with Crippen molar-refractivity contribution in [1.82, 2.24) is 0 Å². The van der Waals surface area contributed by atoms with Crippen LogP contribution in [0.2, 0.25) is 0 Å². The number of hydrogen-bond acceptors (Lipinski definition) is 4. The first-order chi connectivity index (χ1) is 10.8. The van der Waals surface area contributed by atoms with Crippen molar-refractivity contribution in [3.8, 4) is 0 Å². The quantitative estimate of drug-likeness (QED) is 0.512. The van der Waals surface area contributed by atoms with Crippen LogP contribution < -0.4 is 0 Å². The molecule has 3 saturated carbocycles. The Balaban J connectivity index is 1.66. The summed E-state index contributed by atoms with van der Waals surface area (Å²) in [5, 5.41) is 30.1. The monoisotopic (exact) mass is 320 g/mol. The molecule has 0 aromatic carbocycles. The maximum Gasteiger partial charge on any atom is 0.285 e. The second kappa shape index (κ2) is 4.90. The highest BCUT2D eigenvalue weighted by atomic mass is 16.7. The molecule has 0 aromatic heterocycles. The molecule has 0 heterocycles. The van der Waals surface area contributed by atoms with Gasteiger partial charge in [-0.2, -0.15) is 0 Å². The number of ketones is 1. The van der Waals surface area contributed by atoms with Crippen LogP contribution >= 0.6 is 0 Å². The molecule has 0 radical (unpaired) electrons. The van der Waals surface area contributed by atoms with Gasteiger partial charge >= 0.3 is 0 Å². The third-order valence-electron chi connectivity index (χ3n) is 8.04. The minimum Gasteiger partial charge on any atom is -0.343 e. The molecule has 128 valence electrons. The van der Waals surface area contributed by atoms with E-state index in [4.69, 9.17) is 0 Å². The van der Waals surface area contributed by atoms with Crippen molar-refractivity contribution >= 4 is 5.78 Å². The Morgan fingerprint density at radius 2 is 1.91 bits per heavy atom. The van der Waals surface area contributed by atoms with Gasteiger partial charge in [0.15, 0.2) is 0 Å². The fourth-order valence-corrected chi connectivity index (χ4v) is 6.76. The fourth-order valence-electron chi connectivity index (χ4n) is 6.76. The summed E-state index contributed by atoms with van der Waals surface area (Å²) in [4.78, 5) is 11.9. The van der Waals surface area contributed by atoms with E-state index in [1.54, 1.807) is 0 Å². The molecule has 6 atom stereocenters. The van der Waals surface area contributed by atoms with E-state index in [1.165, 1.54) is 0 Å². The van der Waals surface area contributed by atoms with Crippen molar-refractivity contribution in [2.24, 2.45) is 34.5 Å². The second-order valence-corrected chi connectivity index (χ2v) is 8.75. The summed E-state index contributed by atoms with van der Waals surface area (Å²) >= 11 is 0. The lowest BCUT2D eigenvalue weighted by Gasteiger charge is -2.60. The van der Waals surface area contributed by atoms with Gasteiger partial charge in [-0.05, 0) is 67.6 Å². The number of hydrogen-bond donors (Lipinski definition) is 3. The maximum atomic E-state index is 11.9. The lowest BCUT2D eigenvalue weighted by molar-refractivity contribution is -0.382. The van der Waals surface area contributed by atoms with Crippen LogP contribution in [0.4, 0.5) is 0 Å². The van der Waals surface area contributed by atoms with E-state index >= 15 is 0 Å². The van der Waals surface area contributed by atoms with Crippen LogP contribution in [0.1, 0.15) is 58.3 Å². The minimum atomic E-state index is -2.63. The van der Waals surface area contributed by atoms with E-state index in [1.807, 2.05) is 12.2 Å². The lowest BCUT2D eigenvalue weighted by Crippen LogP contribution is -2.59. The molecule has 0 amide bonds. The maximum absolute atomic E-state index is 11.9. The first kappa shape index (κ1) is 15.8. The molecule has 0 saturated heterocycles. The molecule has 4 rings (SSSR count). The van der Waals surface area contributed by atoms with Gasteiger partial charge in [0.25, 0.3) is 5.97 Å². The van der Waals surface area contributed by atoms with E-state index in [-0.39, 0.29) is 11.3 Å². The molecule has 4 nitrogen and oxygen atoms in total. The molecule has 3 N–H and O–H groups in total.